The van der Waals surface area contributed by atoms with Crippen LogP contribution in [0.15, 0.2) is 16.8 Å². The lowest BCUT2D eigenvalue weighted by atomic mass is 9.98. The predicted molar refractivity (Wildman–Crippen MR) is 68.4 cm³/mol. The zero-order chi connectivity index (χ0) is 13.9. The molecule has 1 aliphatic heterocycles. The van der Waals surface area contributed by atoms with Crippen LogP contribution in [-0.2, 0) is 4.79 Å². The van der Waals surface area contributed by atoms with E-state index in [1.165, 1.54) is 0 Å². The van der Waals surface area contributed by atoms with Crippen molar-refractivity contribution in [2.24, 2.45) is 0 Å². The van der Waals surface area contributed by atoms with E-state index in [9.17, 15) is 4.79 Å². The van der Waals surface area contributed by atoms with Gasteiger partial charge in [0.05, 0.1) is 5.56 Å². The Labute approximate surface area is 115 Å². The van der Waals surface area contributed by atoms with Crippen molar-refractivity contribution in [1.82, 2.24) is 20.0 Å². The molecule has 3 heterocycles. The van der Waals surface area contributed by atoms with Crippen LogP contribution in [0, 0.1) is 11.3 Å². The van der Waals surface area contributed by atoms with Crippen LogP contribution >= 0.6 is 0 Å². The number of H-pyrrole nitrogens is 1. The van der Waals surface area contributed by atoms with Crippen molar-refractivity contribution in [3.05, 3.63) is 23.7 Å². The number of amides is 1. The summed E-state index contributed by atoms with van der Waals surface area (Å²) < 4.78 is 5.22. The van der Waals surface area contributed by atoms with Gasteiger partial charge in [-0.2, -0.15) is 10.2 Å². The van der Waals surface area contributed by atoms with Gasteiger partial charge in [0.15, 0.2) is 5.82 Å². The van der Waals surface area contributed by atoms with E-state index in [4.69, 9.17) is 9.78 Å². The summed E-state index contributed by atoms with van der Waals surface area (Å²) in [5, 5.41) is 12.8. The topological polar surface area (TPSA) is 98.8 Å². The summed E-state index contributed by atoms with van der Waals surface area (Å²) in [5.74, 6) is 1.08. The number of aromatic nitrogens is 3. The van der Waals surface area contributed by atoms with Crippen molar-refractivity contribution in [2.45, 2.75) is 18.8 Å². The van der Waals surface area contributed by atoms with Crippen LogP contribution in [0.3, 0.4) is 0 Å². The molecule has 0 aliphatic carbocycles. The minimum Gasteiger partial charge on any atom is -0.356 e. The van der Waals surface area contributed by atoms with Gasteiger partial charge in [0.2, 0.25) is 6.41 Å². The molecular formula is C13H13N5O2. The fraction of sp³-hybridized carbons (Fsp3) is 0.385. The molecule has 20 heavy (non-hydrogen) atoms. The second-order valence-corrected chi connectivity index (χ2v) is 4.81. The van der Waals surface area contributed by atoms with Crippen molar-refractivity contribution in [2.75, 3.05) is 13.1 Å². The third kappa shape index (κ3) is 2.28. The first-order valence-corrected chi connectivity index (χ1v) is 6.42. The van der Waals surface area contributed by atoms with Gasteiger partial charge in [-0.3, -0.25) is 4.79 Å². The lowest BCUT2D eigenvalue weighted by Crippen LogP contribution is -2.33. The highest BCUT2D eigenvalue weighted by Crippen LogP contribution is 2.26. The number of hydrogen-bond acceptors (Lipinski definition) is 5. The van der Waals surface area contributed by atoms with Gasteiger partial charge in [0.25, 0.3) is 5.89 Å². The van der Waals surface area contributed by atoms with Crippen molar-refractivity contribution in [1.29, 1.82) is 5.26 Å². The van der Waals surface area contributed by atoms with Gasteiger partial charge in [0, 0.05) is 25.2 Å². The molecule has 0 saturated carbocycles. The van der Waals surface area contributed by atoms with Crippen molar-refractivity contribution >= 4 is 6.41 Å². The summed E-state index contributed by atoms with van der Waals surface area (Å²) in [5.41, 5.74) is 1.15. The van der Waals surface area contributed by atoms with Gasteiger partial charge in [-0.05, 0) is 18.9 Å². The second kappa shape index (κ2) is 5.17. The van der Waals surface area contributed by atoms with Gasteiger partial charge in [-0.1, -0.05) is 5.16 Å². The summed E-state index contributed by atoms with van der Waals surface area (Å²) >= 11 is 0. The molecule has 1 amide bonds. The van der Waals surface area contributed by atoms with Crippen LogP contribution in [0.25, 0.3) is 11.6 Å². The monoisotopic (exact) mass is 271 g/mol. The third-order valence-electron chi connectivity index (χ3n) is 3.45. The zero-order valence-corrected chi connectivity index (χ0v) is 10.7. The van der Waals surface area contributed by atoms with Gasteiger partial charge in [-0.25, -0.2) is 0 Å². The van der Waals surface area contributed by atoms with Gasteiger partial charge < -0.3 is 14.4 Å². The average Bonchev–Trinajstić information content (AvgIpc) is 3.15. The Morgan fingerprint density at radius 3 is 3.25 bits per heavy atom. The number of carbonyl (C=O) groups is 1. The SMILES string of the molecule is N#Cc1c[nH]c(-c2nc([C@H]3CCCN(C=O)C3)no2)c1. The number of nitrogens with zero attached hydrogens (tertiary/aromatic N) is 4. The first-order chi connectivity index (χ1) is 9.80. The molecule has 0 spiro atoms. The van der Waals surface area contributed by atoms with Gasteiger partial charge in [-0.15, -0.1) is 0 Å². The van der Waals surface area contributed by atoms with E-state index in [0.717, 1.165) is 25.8 Å². The van der Waals surface area contributed by atoms with E-state index in [1.54, 1.807) is 17.2 Å². The second-order valence-electron chi connectivity index (χ2n) is 4.81. The standard InChI is InChI=1S/C13H13N5O2/c14-5-9-4-11(15-6-9)13-16-12(17-20-13)10-2-1-3-18(7-10)8-19/h4,6,8,10,15H,1-3,7H2/t10-/m0/s1. The molecule has 1 aliphatic rings. The molecule has 102 valence electrons. The number of rotatable bonds is 3. The number of likely N-dealkylation sites (tertiary alicyclic amines) is 1. The minimum absolute atomic E-state index is 0.108. The smallest absolute Gasteiger partial charge is 0.274 e. The summed E-state index contributed by atoms with van der Waals surface area (Å²) in [6.07, 6.45) is 4.33. The quantitative estimate of drug-likeness (QED) is 0.847. The minimum atomic E-state index is 0.108. The number of nitrogens with one attached hydrogen (secondary N) is 1. The fourth-order valence-corrected chi connectivity index (χ4v) is 2.41. The lowest BCUT2D eigenvalue weighted by molar-refractivity contribution is -0.119. The highest BCUT2D eigenvalue weighted by Gasteiger charge is 2.25. The highest BCUT2D eigenvalue weighted by atomic mass is 16.5. The summed E-state index contributed by atoms with van der Waals surface area (Å²) in [6.45, 7) is 1.41. The van der Waals surface area contributed by atoms with Crippen molar-refractivity contribution in [3.63, 3.8) is 0 Å². The largest absolute Gasteiger partial charge is 0.356 e. The zero-order valence-electron chi connectivity index (χ0n) is 10.7. The lowest BCUT2D eigenvalue weighted by Gasteiger charge is -2.27. The normalized spacial score (nSPS) is 18.8. The van der Waals surface area contributed by atoms with E-state index in [1.807, 2.05) is 6.07 Å². The molecule has 0 radical (unpaired) electrons. The molecule has 2 aromatic rings. The molecule has 7 heteroatoms. The van der Waals surface area contributed by atoms with E-state index in [0.29, 0.717) is 29.5 Å². The summed E-state index contributed by atoms with van der Waals surface area (Å²) in [4.78, 5) is 19.8. The van der Waals surface area contributed by atoms with Crippen LogP contribution in [0.4, 0.5) is 0 Å². The summed E-state index contributed by atoms with van der Waals surface area (Å²) in [7, 11) is 0. The van der Waals surface area contributed by atoms with Gasteiger partial charge in [0.1, 0.15) is 11.8 Å². The van der Waals surface area contributed by atoms with Crippen LogP contribution in [-0.4, -0.2) is 39.5 Å². The third-order valence-corrected chi connectivity index (χ3v) is 3.45. The molecule has 1 saturated heterocycles. The molecule has 0 bridgehead atoms. The van der Waals surface area contributed by atoms with E-state index in [2.05, 4.69) is 15.1 Å². The van der Waals surface area contributed by atoms with Crippen LogP contribution in [0.1, 0.15) is 30.1 Å². The molecular weight excluding hydrogens is 258 g/mol. The maximum atomic E-state index is 10.8. The molecule has 0 unspecified atom stereocenters. The summed E-state index contributed by atoms with van der Waals surface area (Å²) in [6, 6.07) is 3.70. The van der Waals surface area contributed by atoms with Crippen molar-refractivity contribution < 1.29 is 9.32 Å². The van der Waals surface area contributed by atoms with E-state index >= 15 is 0 Å². The Morgan fingerprint density at radius 2 is 2.50 bits per heavy atom. The highest BCUT2D eigenvalue weighted by molar-refractivity contribution is 5.51. The number of nitriles is 1. The number of aromatic amines is 1. The van der Waals surface area contributed by atoms with Crippen LogP contribution < -0.4 is 0 Å². The molecule has 2 aromatic heterocycles. The first-order valence-electron chi connectivity index (χ1n) is 6.42. The first kappa shape index (κ1) is 12.4. The maximum Gasteiger partial charge on any atom is 0.274 e. The molecule has 1 fully saturated rings. The Morgan fingerprint density at radius 1 is 1.60 bits per heavy atom. The molecule has 3 rings (SSSR count). The van der Waals surface area contributed by atoms with Crippen LogP contribution in [0.5, 0.6) is 0 Å². The Kier molecular flexibility index (Phi) is 3.21. The Bertz CT molecular complexity index is 654. The van der Waals surface area contributed by atoms with Gasteiger partial charge >= 0.3 is 0 Å². The van der Waals surface area contributed by atoms with Crippen LogP contribution in [0.2, 0.25) is 0 Å². The molecule has 7 nitrogen and oxygen atoms in total. The number of piperidine rings is 1. The Hall–Kier alpha value is -2.62. The number of carbonyl (C=O) groups excluding carboxylic acids is 1. The molecule has 1 N–H and O–H groups in total. The molecule has 1 atom stereocenters. The fourth-order valence-electron chi connectivity index (χ4n) is 2.41. The number of hydrogen-bond donors (Lipinski definition) is 1. The average molecular weight is 271 g/mol. The maximum absolute atomic E-state index is 10.8. The van der Waals surface area contributed by atoms with E-state index < -0.39 is 0 Å². The van der Waals surface area contributed by atoms with E-state index in [-0.39, 0.29) is 5.92 Å². The molecule has 0 aromatic carbocycles. The Balaban J connectivity index is 1.79. The van der Waals surface area contributed by atoms with Crippen molar-refractivity contribution in [3.8, 4) is 17.7 Å². The predicted octanol–water partition coefficient (Wildman–Crippen LogP) is 1.27.